The maximum atomic E-state index is 6.61. The van der Waals surface area contributed by atoms with Gasteiger partial charge in [0.25, 0.3) is 0 Å². The smallest absolute Gasteiger partial charge is 0.371 e. The molecule has 5 unspecified atom stereocenters. The van der Waals surface area contributed by atoms with Crippen molar-refractivity contribution in [2.45, 2.75) is 287 Å². The van der Waals surface area contributed by atoms with E-state index in [2.05, 4.69) is 173 Å². The summed E-state index contributed by atoms with van der Waals surface area (Å²) in [5.41, 5.74) is -0.103. The highest BCUT2D eigenvalue weighted by Gasteiger charge is 2.51. The lowest BCUT2D eigenvalue weighted by atomic mass is 10.2. The van der Waals surface area contributed by atoms with Crippen molar-refractivity contribution >= 4 is 36.6 Å². The van der Waals surface area contributed by atoms with E-state index in [1.807, 2.05) is 0 Å². The molecule has 0 N–H and O–H groups in total. The van der Waals surface area contributed by atoms with Crippen LogP contribution < -0.4 is 0 Å². The van der Waals surface area contributed by atoms with Crippen LogP contribution in [-0.4, -0.2) is 107 Å². The minimum Gasteiger partial charge on any atom is -0.371 e. The monoisotopic (exact) mass is 901 g/mol. The molecule has 0 rings (SSSR count). The fraction of sp³-hybridized carbons (Fsp3) is 1.00. The summed E-state index contributed by atoms with van der Waals surface area (Å²) in [5, 5.41) is 0. The van der Waals surface area contributed by atoms with Crippen LogP contribution in [0, 0.1) is 0 Å². The first-order valence-electron chi connectivity index (χ1n) is 22.9. The highest BCUT2D eigenvalue weighted by molar-refractivity contribution is 6.72. The van der Waals surface area contributed by atoms with E-state index in [0.717, 1.165) is 43.4 Å². The summed E-state index contributed by atoms with van der Waals surface area (Å²) in [6.07, 6.45) is 5.53. The maximum absolute atomic E-state index is 6.61. The van der Waals surface area contributed by atoms with Gasteiger partial charge in [-0.05, 0) is 171 Å². The Labute approximate surface area is 367 Å². The summed E-state index contributed by atoms with van der Waals surface area (Å²) >= 11 is 0. The third-order valence-electron chi connectivity index (χ3n) is 8.51. The van der Waals surface area contributed by atoms with Gasteiger partial charge in [0.05, 0.1) is 59.3 Å². The van der Waals surface area contributed by atoms with Gasteiger partial charge in [-0.2, -0.15) is 0 Å². The van der Waals surface area contributed by atoms with Crippen molar-refractivity contribution in [1.82, 2.24) is 0 Å². The molecule has 0 aliphatic carbocycles. The van der Waals surface area contributed by atoms with Gasteiger partial charge in [0.15, 0.2) is 0 Å². The molecule has 0 fully saturated rings. The summed E-state index contributed by atoms with van der Waals surface area (Å²) in [6, 6.07) is 0. The molecule has 0 aliphatic heterocycles. The predicted molar refractivity (Wildman–Crippen MR) is 254 cm³/mol. The normalized spacial score (nSPS) is 18.3. The molecule has 14 heteroatoms. The molecule has 10 nitrogen and oxygen atoms in total. The summed E-state index contributed by atoms with van der Waals surface area (Å²) in [7, 11) is -7.54. The van der Waals surface area contributed by atoms with Crippen LogP contribution >= 0.6 is 0 Å². The second-order valence-electron chi connectivity index (χ2n) is 21.1. The molecule has 0 amide bonds. The van der Waals surface area contributed by atoms with Crippen LogP contribution in [-0.2, 0) is 45.5 Å². The van der Waals surface area contributed by atoms with Crippen molar-refractivity contribution in [1.29, 1.82) is 0 Å². The third kappa shape index (κ3) is 32.2. The van der Waals surface area contributed by atoms with Crippen LogP contribution in [0.5, 0.6) is 0 Å². The Bertz CT molecular complexity index is 949. The van der Waals surface area contributed by atoms with Crippen LogP contribution in [0.15, 0.2) is 0 Å². The predicted octanol–water partition coefficient (Wildman–Crippen LogP) is 10.8. The lowest BCUT2D eigenvalue weighted by Gasteiger charge is -2.43. The minimum absolute atomic E-state index is 0.119. The molecule has 0 aromatic rings. The van der Waals surface area contributed by atoms with Crippen LogP contribution in [0.2, 0.25) is 11.3 Å². The summed E-state index contributed by atoms with van der Waals surface area (Å²) in [4.78, 5) is 0. The Kier molecular flexibility index (Phi) is 28.1. The zero-order valence-corrected chi connectivity index (χ0v) is 47.8. The second-order valence-corrected chi connectivity index (χ2v) is 31.7. The summed E-state index contributed by atoms with van der Waals surface area (Å²) < 4.78 is 64.6. The first-order valence-corrected chi connectivity index (χ1v) is 30.4. The highest BCUT2D eigenvalue weighted by Crippen LogP contribution is 2.33. The van der Waals surface area contributed by atoms with Gasteiger partial charge < -0.3 is 45.5 Å². The van der Waals surface area contributed by atoms with E-state index in [4.69, 9.17) is 45.5 Å². The number of rotatable bonds is 26. The first-order chi connectivity index (χ1) is 26.1. The van der Waals surface area contributed by atoms with Crippen molar-refractivity contribution in [3.05, 3.63) is 0 Å². The SMILES string of the molecule is CC(C)(C)OC(OC(C)(C)C)[SiH2]C[Si](OC(C)(C)C)(OC(C)(C)C)OC(C)(C)C.CCC(C)OC(OC(C)CC)[SiH2]C[Si](OC(C)CC)(OC(C)CC)OC(C)CC. The van der Waals surface area contributed by atoms with Gasteiger partial charge in [0.1, 0.15) is 11.8 Å². The molecule has 0 spiro atoms. The van der Waals surface area contributed by atoms with Crippen molar-refractivity contribution in [2.75, 3.05) is 0 Å². The highest BCUT2D eigenvalue weighted by atomic mass is 28.4. The Balaban J connectivity index is 0. The molecule has 0 aliphatic rings. The molecule has 0 heterocycles. The van der Waals surface area contributed by atoms with Crippen LogP contribution in [0.4, 0.5) is 0 Å². The molecule has 58 heavy (non-hydrogen) atoms. The molecular formula is C44H100O10Si4. The van der Waals surface area contributed by atoms with Gasteiger partial charge in [-0.25, -0.2) is 0 Å². The molecule has 0 radical (unpaired) electrons. The summed E-state index contributed by atoms with van der Waals surface area (Å²) in [6.45, 7) is 52.2. The zero-order chi connectivity index (χ0) is 46.0. The number of ether oxygens (including phenoxy) is 4. The van der Waals surface area contributed by atoms with Crippen molar-refractivity contribution in [2.24, 2.45) is 0 Å². The number of hydrogen-bond donors (Lipinski definition) is 0. The largest absolute Gasteiger partial charge is 0.499 e. The molecule has 0 aromatic carbocycles. The quantitative estimate of drug-likeness (QED) is 0.0617. The Morgan fingerprint density at radius 1 is 0.362 bits per heavy atom. The van der Waals surface area contributed by atoms with E-state index in [1.165, 1.54) is 0 Å². The molecule has 0 saturated heterocycles. The lowest BCUT2D eigenvalue weighted by molar-refractivity contribution is -0.193. The van der Waals surface area contributed by atoms with Gasteiger partial charge in [-0.1, -0.05) is 34.6 Å². The van der Waals surface area contributed by atoms with Crippen LogP contribution in [0.1, 0.15) is 205 Å². The van der Waals surface area contributed by atoms with E-state index < -0.39 is 36.6 Å². The molecular weight excluding hydrogens is 801 g/mol. The maximum Gasteiger partial charge on any atom is 0.499 e. The molecule has 0 saturated carbocycles. The van der Waals surface area contributed by atoms with Gasteiger partial charge in [-0.3, -0.25) is 0 Å². The first kappa shape index (κ1) is 60.6. The van der Waals surface area contributed by atoms with Crippen LogP contribution in [0.3, 0.4) is 0 Å². The topological polar surface area (TPSA) is 92.3 Å². The van der Waals surface area contributed by atoms with Crippen LogP contribution in [0.25, 0.3) is 0 Å². The molecule has 0 bridgehead atoms. The Morgan fingerprint density at radius 3 is 0.862 bits per heavy atom. The van der Waals surface area contributed by atoms with E-state index in [9.17, 15) is 0 Å². The van der Waals surface area contributed by atoms with E-state index in [-0.39, 0.29) is 70.4 Å². The molecule has 0 aromatic heterocycles. The Hall–Kier alpha value is 0.468. The van der Waals surface area contributed by atoms with E-state index >= 15 is 0 Å². The zero-order valence-electron chi connectivity index (χ0n) is 43.0. The van der Waals surface area contributed by atoms with Crippen molar-refractivity contribution in [3.8, 4) is 0 Å². The van der Waals surface area contributed by atoms with E-state index in [1.54, 1.807) is 0 Å². The van der Waals surface area contributed by atoms with Crippen molar-refractivity contribution < 1.29 is 45.5 Å². The average molecular weight is 902 g/mol. The lowest BCUT2D eigenvalue weighted by Crippen LogP contribution is -2.58. The van der Waals surface area contributed by atoms with Gasteiger partial charge >= 0.3 is 17.6 Å². The molecule has 352 valence electrons. The van der Waals surface area contributed by atoms with E-state index in [0.29, 0.717) is 0 Å². The van der Waals surface area contributed by atoms with Gasteiger partial charge in [-0.15, -0.1) is 0 Å². The van der Waals surface area contributed by atoms with Gasteiger partial charge in [0.2, 0.25) is 0 Å². The fourth-order valence-corrected chi connectivity index (χ4v) is 20.4. The Morgan fingerprint density at radius 2 is 0.621 bits per heavy atom. The fourth-order valence-electron chi connectivity index (χ4n) is 5.44. The second kappa shape index (κ2) is 26.9. The number of hydrogen-bond acceptors (Lipinski definition) is 10. The standard InChI is InChI=1S/2C22H50O5Si2/c1-18(2,3)23-17(24-19(4,5)6)28-16-29(25-20(7,8)9,26-21(10,11)12)27-22(13,14)15;1-11-17(6)23-22(24-18(7)12-2)28-16-29(25-19(8)13-3,26-20(9)14-4)27-21(10)15-5/h17H,16,28H2,1-15H3;17-22H,11-16,28H2,1-10H3. The molecule has 5 atom stereocenters. The van der Waals surface area contributed by atoms with Crippen molar-refractivity contribution in [3.63, 3.8) is 0 Å². The summed E-state index contributed by atoms with van der Waals surface area (Å²) in [5.74, 6) is -0.369. The minimum atomic E-state index is -3.01. The average Bonchev–Trinajstić information content (AvgIpc) is 3.02. The third-order valence-corrected chi connectivity index (χ3v) is 22.4. The van der Waals surface area contributed by atoms with Gasteiger partial charge in [0, 0.05) is 29.6 Å².